The lowest BCUT2D eigenvalue weighted by atomic mass is 10.1. The van der Waals surface area contributed by atoms with Crippen LogP contribution in [-0.2, 0) is 11.2 Å². The van der Waals surface area contributed by atoms with Crippen LogP contribution >= 0.6 is 0 Å². The summed E-state index contributed by atoms with van der Waals surface area (Å²) in [7, 11) is 0. The smallest absolute Gasteiger partial charge is 0.251 e. The highest BCUT2D eigenvalue weighted by molar-refractivity contribution is 6.05. The highest BCUT2D eigenvalue weighted by Gasteiger charge is 2.29. The molecule has 1 aliphatic rings. The van der Waals surface area contributed by atoms with Crippen LogP contribution in [0.4, 0.5) is 5.69 Å². The summed E-state index contributed by atoms with van der Waals surface area (Å²) in [6, 6.07) is 16.1. The minimum atomic E-state index is 0.0244. The second-order valence-corrected chi connectivity index (χ2v) is 5.73. The SMILES string of the molecule is CCOc1ccc(/C=C/C(=O)N2c3ccccc3CC2C)cc1. The molecule has 0 aromatic heterocycles. The number of carbonyl (C=O) groups excluding carboxylic acids is 1. The van der Waals surface area contributed by atoms with Gasteiger partial charge in [-0.25, -0.2) is 0 Å². The number of hydrogen-bond donors (Lipinski definition) is 0. The van der Waals surface area contributed by atoms with Crippen molar-refractivity contribution in [1.29, 1.82) is 0 Å². The largest absolute Gasteiger partial charge is 0.494 e. The predicted molar refractivity (Wildman–Crippen MR) is 93.7 cm³/mol. The van der Waals surface area contributed by atoms with E-state index in [1.54, 1.807) is 6.08 Å². The average molecular weight is 307 g/mol. The van der Waals surface area contributed by atoms with Crippen molar-refractivity contribution >= 4 is 17.7 Å². The first-order chi connectivity index (χ1) is 11.2. The second-order valence-electron chi connectivity index (χ2n) is 5.73. The van der Waals surface area contributed by atoms with E-state index in [9.17, 15) is 4.79 Å². The summed E-state index contributed by atoms with van der Waals surface area (Å²) in [6.07, 6.45) is 4.42. The molecule has 1 aliphatic heterocycles. The van der Waals surface area contributed by atoms with E-state index in [0.29, 0.717) is 6.61 Å². The van der Waals surface area contributed by atoms with Crippen molar-refractivity contribution in [2.75, 3.05) is 11.5 Å². The van der Waals surface area contributed by atoms with E-state index in [0.717, 1.165) is 23.4 Å². The summed E-state index contributed by atoms with van der Waals surface area (Å²) in [4.78, 5) is 14.5. The van der Waals surface area contributed by atoms with Crippen LogP contribution in [0, 0.1) is 0 Å². The number of nitrogens with zero attached hydrogens (tertiary/aromatic N) is 1. The van der Waals surface area contributed by atoms with Gasteiger partial charge in [-0.15, -0.1) is 0 Å². The number of hydrogen-bond acceptors (Lipinski definition) is 2. The molecule has 1 heterocycles. The van der Waals surface area contributed by atoms with Crippen LogP contribution in [0.2, 0.25) is 0 Å². The molecule has 0 saturated heterocycles. The summed E-state index contributed by atoms with van der Waals surface area (Å²) in [6.45, 7) is 4.70. The number of para-hydroxylation sites is 1. The van der Waals surface area contributed by atoms with Crippen LogP contribution in [0.5, 0.6) is 5.75 Å². The number of benzene rings is 2. The third kappa shape index (κ3) is 3.29. The van der Waals surface area contributed by atoms with Gasteiger partial charge >= 0.3 is 0 Å². The van der Waals surface area contributed by atoms with Gasteiger partial charge in [-0.05, 0) is 55.7 Å². The molecule has 3 heteroatoms. The first-order valence-corrected chi connectivity index (χ1v) is 8.01. The van der Waals surface area contributed by atoms with Crippen molar-refractivity contribution < 1.29 is 9.53 Å². The Labute approximate surface area is 137 Å². The Kier molecular flexibility index (Phi) is 4.47. The lowest BCUT2D eigenvalue weighted by Gasteiger charge is -2.20. The molecule has 0 N–H and O–H groups in total. The van der Waals surface area contributed by atoms with Crippen molar-refractivity contribution in [3.63, 3.8) is 0 Å². The van der Waals surface area contributed by atoms with Gasteiger partial charge in [0.2, 0.25) is 0 Å². The molecule has 3 nitrogen and oxygen atoms in total. The second kappa shape index (κ2) is 6.69. The summed E-state index contributed by atoms with van der Waals surface area (Å²) >= 11 is 0. The zero-order chi connectivity index (χ0) is 16.2. The Morgan fingerprint density at radius 1 is 1.22 bits per heavy atom. The predicted octanol–water partition coefficient (Wildman–Crippen LogP) is 4.08. The van der Waals surface area contributed by atoms with Gasteiger partial charge in [-0.1, -0.05) is 30.3 Å². The van der Waals surface area contributed by atoms with Crippen LogP contribution < -0.4 is 9.64 Å². The summed E-state index contributed by atoms with van der Waals surface area (Å²) in [5.41, 5.74) is 3.26. The molecule has 0 spiro atoms. The highest BCUT2D eigenvalue weighted by atomic mass is 16.5. The van der Waals surface area contributed by atoms with E-state index in [-0.39, 0.29) is 11.9 Å². The van der Waals surface area contributed by atoms with Gasteiger partial charge in [0.25, 0.3) is 5.91 Å². The summed E-state index contributed by atoms with van der Waals surface area (Å²) < 4.78 is 5.42. The fourth-order valence-electron chi connectivity index (χ4n) is 2.99. The molecule has 2 aromatic carbocycles. The minimum absolute atomic E-state index is 0.0244. The molecule has 0 saturated carbocycles. The molecule has 1 amide bonds. The van der Waals surface area contributed by atoms with Crippen molar-refractivity contribution in [2.45, 2.75) is 26.3 Å². The van der Waals surface area contributed by atoms with Gasteiger partial charge < -0.3 is 9.64 Å². The van der Waals surface area contributed by atoms with E-state index in [2.05, 4.69) is 13.0 Å². The van der Waals surface area contributed by atoms with Gasteiger partial charge in [0, 0.05) is 17.8 Å². The van der Waals surface area contributed by atoms with E-state index < -0.39 is 0 Å². The third-order valence-corrected chi connectivity index (χ3v) is 4.05. The molecule has 1 atom stereocenters. The van der Waals surface area contributed by atoms with E-state index >= 15 is 0 Å². The standard InChI is InChI=1S/C20H21NO2/c1-3-23-18-11-8-16(9-12-18)10-13-20(22)21-15(2)14-17-6-4-5-7-19(17)21/h4-13,15H,3,14H2,1-2H3/b13-10+. The minimum Gasteiger partial charge on any atom is -0.494 e. The maximum Gasteiger partial charge on any atom is 0.251 e. The van der Waals surface area contributed by atoms with Crippen LogP contribution in [-0.4, -0.2) is 18.6 Å². The summed E-state index contributed by atoms with van der Waals surface area (Å²) in [5.74, 6) is 0.870. The van der Waals surface area contributed by atoms with Gasteiger partial charge in [0.05, 0.1) is 6.61 Å². The maximum absolute atomic E-state index is 12.6. The van der Waals surface area contributed by atoms with Crippen molar-refractivity contribution in [3.05, 3.63) is 65.7 Å². The topological polar surface area (TPSA) is 29.5 Å². The zero-order valence-electron chi connectivity index (χ0n) is 13.5. The number of fused-ring (bicyclic) bond motifs is 1. The molecular weight excluding hydrogens is 286 g/mol. The summed E-state index contributed by atoms with van der Waals surface area (Å²) in [5, 5.41) is 0. The van der Waals surface area contributed by atoms with Crippen LogP contribution in [0.15, 0.2) is 54.6 Å². The Morgan fingerprint density at radius 3 is 2.70 bits per heavy atom. The van der Waals surface area contributed by atoms with Crippen molar-refractivity contribution in [2.24, 2.45) is 0 Å². The monoisotopic (exact) mass is 307 g/mol. The average Bonchev–Trinajstić information content (AvgIpc) is 2.90. The molecular formula is C20H21NO2. The first-order valence-electron chi connectivity index (χ1n) is 8.01. The number of amides is 1. The molecule has 3 rings (SSSR count). The fourth-order valence-corrected chi connectivity index (χ4v) is 2.99. The molecule has 1 unspecified atom stereocenters. The molecule has 118 valence electrons. The van der Waals surface area contributed by atoms with Gasteiger partial charge in [-0.2, -0.15) is 0 Å². The lowest BCUT2D eigenvalue weighted by molar-refractivity contribution is -0.114. The normalized spacial score (nSPS) is 16.6. The van der Waals surface area contributed by atoms with Gasteiger partial charge in [-0.3, -0.25) is 4.79 Å². The van der Waals surface area contributed by atoms with E-state index in [1.807, 2.05) is 60.4 Å². The number of ether oxygens (including phenoxy) is 1. The molecule has 2 aromatic rings. The Bertz CT molecular complexity index is 719. The number of carbonyl (C=O) groups is 1. The molecule has 0 fully saturated rings. The maximum atomic E-state index is 12.6. The molecule has 0 bridgehead atoms. The Balaban J connectivity index is 1.74. The van der Waals surface area contributed by atoms with Crippen LogP contribution in [0.3, 0.4) is 0 Å². The number of anilines is 1. The Morgan fingerprint density at radius 2 is 1.96 bits per heavy atom. The quantitative estimate of drug-likeness (QED) is 0.797. The van der Waals surface area contributed by atoms with E-state index in [4.69, 9.17) is 4.74 Å². The van der Waals surface area contributed by atoms with Gasteiger partial charge in [0.15, 0.2) is 0 Å². The fraction of sp³-hybridized carbons (Fsp3) is 0.250. The van der Waals surface area contributed by atoms with Crippen LogP contribution in [0.1, 0.15) is 25.0 Å². The Hall–Kier alpha value is -2.55. The molecule has 23 heavy (non-hydrogen) atoms. The molecule has 0 aliphatic carbocycles. The molecule has 0 radical (unpaired) electrons. The first kappa shape index (κ1) is 15.3. The van der Waals surface area contributed by atoms with Gasteiger partial charge in [0.1, 0.15) is 5.75 Å². The van der Waals surface area contributed by atoms with Crippen molar-refractivity contribution in [1.82, 2.24) is 0 Å². The van der Waals surface area contributed by atoms with E-state index in [1.165, 1.54) is 5.56 Å². The highest BCUT2D eigenvalue weighted by Crippen LogP contribution is 2.32. The van der Waals surface area contributed by atoms with Crippen molar-refractivity contribution in [3.8, 4) is 5.75 Å². The zero-order valence-corrected chi connectivity index (χ0v) is 13.5. The third-order valence-electron chi connectivity index (χ3n) is 4.05. The van der Waals surface area contributed by atoms with Crippen LogP contribution in [0.25, 0.3) is 6.08 Å². The lowest BCUT2D eigenvalue weighted by Crippen LogP contribution is -2.34. The number of rotatable bonds is 4.